The molecular formula is C17H17ClN2O4. The van der Waals surface area contributed by atoms with Crippen molar-refractivity contribution in [3.8, 4) is 5.75 Å². The zero-order valence-corrected chi connectivity index (χ0v) is 14.3. The van der Waals surface area contributed by atoms with Crippen molar-refractivity contribution in [2.24, 2.45) is 0 Å². The van der Waals surface area contributed by atoms with Crippen molar-refractivity contribution < 1.29 is 14.5 Å². The van der Waals surface area contributed by atoms with Crippen molar-refractivity contribution in [3.63, 3.8) is 0 Å². The molecule has 0 unspecified atom stereocenters. The highest BCUT2D eigenvalue weighted by Crippen LogP contribution is 2.30. The Bertz CT molecular complexity index is 805. The summed E-state index contributed by atoms with van der Waals surface area (Å²) in [6, 6.07) is 8.08. The van der Waals surface area contributed by atoms with Crippen molar-refractivity contribution in [2.75, 3.05) is 11.9 Å². The Morgan fingerprint density at radius 3 is 2.54 bits per heavy atom. The van der Waals surface area contributed by atoms with E-state index in [9.17, 15) is 14.9 Å². The Kier molecular flexibility index (Phi) is 5.41. The van der Waals surface area contributed by atoms with Gasteiger partial charge in [0, 0.05) is 11.1 Å². The van der Waals surface area contributed by atoms with E-state index >= 15 is 0 Å². The summed E-state index contributed by atoms with van der Waals surface area (Å²) in [5.74, 6) is 0.0296. The molecule has 0 saturated heterocycles. The van der Waals surface area contributed by atoms with Crippen molar-refractivity contribution >= 4 is 28.9 Å². The lowest BCUT2D eigenvalue weighted by atomic mass is 10.1. The van der Waals surface area contributed by atoms with Gasteiger partial charge in [0.1, 0.15) is 11.4 Å². The number of halogens is 1. The van der Waals surface area contributed by atoms with Crippen LogP contribution in [-0.2, 0) is 4.79 Å². The molecule has 0 aromatic heterocycles. The summed E-state index contributed by atoms with van der Waals surface area (Å²) in [6.45, 7) is 5.11. The van der Waals surface area contributed by atoms with Gasteiger partial charge in [-0.15, -0.1) is 0 Å². The van der Waals surface area contributed by atoms with Gasteiger partial charge >= 0.3 is 0 Å². The molecule has 0 atom stereocenters. The minimum absolute atomic E-state index is 0.145. The molecule has 0 aliphatic heterocycles. The van der Waals surface area contributed by atoms with E-state index in [0.717, 1.165) is 11.1 Å². The number of hydrogen-bond donors (Lipinski definition) is 1. The number of amides is 1. The number of nitrogens with one attached hydrogen (secondary N) is 1. The SMILES string of the molecule is Cc1cc(OCC(=O)Nc2c([N+](=O)[O-])ccc(C)c2C)ccc1Cl. The van der Waals surface area contributed by atoms with Gasteiger partial charge in [0.2, 0.25) is 0 Å². The molecule has 0 aliphatic rings. The monoisotopic (exact) mass is 348 g/mol. The van der Waals surface area contributed by atoms with Gasteiger partial charge in [0.15, 0.2) is 6.61 Å². The molecule has 0 radical (unpaired) electrons. The Labute approximate surface area is 144 Å². The minimum Gasteiger partial charge on any atom is -0.484 e. The minimum atomic E-state index is -0.522. The van der Waals surface area contributed by atoms with E-state index in [2.05, 4.69) is 5.32 Å². The summed E-state index contributed by atoms with van der Waals surface area (Å²) in [4.78, 5) is 22.7. The number of nitro groups is 1. The van der Waals surface area contributed by atoms with Crippen molar-refractivity contribution in [2.45, 2.75) is 20.8 Å². The van der Waals surface area contributed by atoms with Gasteiger partial charge in [-0.25, -0.2) is 0 Å². The number of carbonyl (C=O) groups excluding carboxylic acids is 1. The van der Waals surface area contributed by atoms with E-state index in [1.807, 2.05) is 13.8 Å². The van der Waals surface area contributed by atoms with Crippen LogP contribution in [0.2, 0.25) is 5.02 Å². The molecule has 126 valence electrons. The van der Waals surface area contributed by atoms with Crippen LogP contribution in [0, 0.1) is 30.9 Å². The standard InChI is InChI=1S/C17H17ClN2O4/c1-10-4-7-15(20(22)23)17(12(10)3)19-16(21)9-24-13-5-6-14(18)11(2)8-13/h4-8H,9H2,1-3H3,(H,19,21). The summed E-state index contributed by atoms with van der Waals surface area (Å²) < 4.78 is 5.41. The van der Waals surface area contributed by atoms with Crippen LogP contribution >= 0.6 is 11.6 Å². The van der Waals surface area contributed by atoms with Crippen molar-refractivity contribution in [1.29, 1.82) is 0 Å². The smallest absolute Gasteiger partial charge is 0.293 e. The van der Waals surface area contributed by atoms with Crippen LogP contribution < -0.4 is 10.1 Å². The van der Waals surface area contributed by atoms with Gasteiger partial charge in [-0.2, -0.15) is 0 Å². The lowest BCUT2D eigenvalue weighted by Gasteiger charge is -2.12. The van der Waals surface area contributed by atoms with Gasteiger partial charge in [0.25, 0.3) is 11.6 Å². The molecule has 0 fully saturated rings. The number of rotatable bonds is 5. The first-order valence-corrected chi connectivity index (χ1v) is 7.60. The van der Waals surface area contributed by atoms with Crippen LogP contribution in [0.1, 0.15) is 16.7 Å². The first-order valence-electron chi connectivity index (χ1n) is 7.23. The zero-order valence-electron chi connectivity index (χ0n) is 13.6. The fourth-order valence-corrected chi connectivity index (χ4v) is 2.26. The van der Waals surface area contributed by atoms with Crippen LogP contribution in [0.5, 0.6) is 5.75 Å². The Morgan fingerprint density at radius 2 is 1.92 bits per heavy atom. The molecule has 7 heteroatoms. The number of hydrogen-bond acceptors (Lipinski definition) is 4. The van der Waals surface area contributed by atoms with Gasteiger partial charge in [-0.3, -0.25) is 14.9 Å². The third-order valence-electron chi connectivity index (χ3n) is 3.67. The van der Waals surface area contributed by atoms with Crippen molar-refractivity contribution in [3.05, 3.63) is 62.2 Å². The number of carbonyl (C=O) groups is 1. The maximum absolute atomic E-state index is 12.1. The number of anilines is 1. The fourth-order valence-electron chi connectivity index (χ4n) is 2.14. The molecule has 2 rings (SSSR count). The molecule has 6 nitrogen and oxygen atoms in total. The molecule has 1 amide bonds. The molecule has 0 aliphatic carbocycles. The van der Waals surface area contributed by atoms with E-state index in [-0.39, 0.29) is 18.0 Å². The van der Waals surface area contributed by atoms with Crippen LogP contribution in [0.4, 0.5) is 11.4 Å². The second-order valence-corrected chi connectivity index (χ2v) is 5.81. The first-order chi connectivity index (χ1) is 11.3. The van der Waals surface area contributed by atoms with Crippen LogP contribution in [0.3, 0.4) is 0 Å². The highest BCUT2D eigenvalue weighted by Gasteiger charge is 2.19. The van der Waals surface area contributed by atoms with Gasteiger partial charge in [-0.1, -0.05) is 17.7 Å². The van der Waals surface area contributed by atoms with Gasteiger partial charge in [0.05, 0.1) is 4.92 Å². The van der Waals surface area contributed by atoms with Crippen LogP contribution in [-0.4, -0.2) is 17.4 Å². The Hall–Kier alpha value is -2.60. The number of benzene rings is 2. The largest absolute Gasteiger partial charge is 0.484 e. The Morgan fingerprint density at radius 1 is 1.21 bits per heavy atom. The summed E-state index contributed by atoms with van der Waals surface area (Å²) in [7, 11) is 0. The fraction of sp³-hybridized carbons (Fsp3) is 0.235. The van der Waals surface area contributed by atoms with Gasteiger partial charge < -0.3 is 10.1 Å². The molecule has 0 bridgehead atoms. The number of nitrogens with zero attached hydrogens (tertiary/aromatic N) is 1. The maximum Gasteiger partial charge on any atom is 0.293 e. The van der Waals surface area contributed by atoms with E-state index in [1.54, 1.807) is 31.2 Å². The van der Waals surface area contributed by atoms with Gasteiger partial charge in [-0.05, 0) is 55.7 Å². The third kappa shape index (κ3) is 4.02. The maximum atomic E-state index is 12.1. The topological polar surface area (TPSA) is 81.5 Å². The summed E-state index contributed by atoms with van der Waals surface area (Å²) in [5.41, 5.74) is 2.39. The summed E-state index contributed by atoms with van der Waals surface area (Å²) in [6.07, 6.45) is 0. The highest BCUT2D eigenvalue weighted by molar-refractivity contribution is 6.31. The summed E-state index contributed by atoms with van der Waals surface area (Å²) in [5, 5.41) is 14.3. The molecular weight excluding hydrogens is 332 g/mol. The average Bonchev–Trinajstić information content (AvgIpc) is 2.53. The van der Waals surface area contributed by atoms with Crippen molar-refractivity contribution in [1.82, 2.24) is 0 Å². The lowest BCUT2D eigenvalue weighted by molar-refractivity contribution is -0.384. The third-order valence-corrected chi connectivity index (χ3v) is 4.10. The van der Waals surface area contributed by atoms with E-state index in [0.29, 0.717) is 16.3 Å². The number of ether oxygens (including phenoxy) is 1. The number of aryl methyl sites for hydroxylation is 2. The molecule has 24 heavy (non-hydrogen) atoms. The quantitative estimate of drug-likeness (QED) is 0.648. The first kappa shape index (κ1) is 17.7. The molecule has 0 saturated carbocycles. The molecule has 2 aromatic carbocycles. The summed E-state index contributed by atoms with van der Waals surface area (Å²) >= 11 is 5.93. The van der Waals surface area contributed by atoms with Crippen LogP contribution in [0.15, 0.2) is 30.3 Å². The van der Waals surface area contributed by atoms with E-state index in [1.165, 1.54) is 6.07 Å². The van der Waals surface area contributed by atoms with E-state index in [4.69, 9.17) is 16.3 Å². The highest BCUT2D eigenvalue weighted by atomic mass is 35.5. The number of nitro benzene ring substituents is 1. The normalized spacial score (nSPS) is 10.3. The second-order valence-electron chi connectivity index (χ2n) is 5.41. The lowest BCUT2D eigenvalue weighted by Crippen LogP contribution is -2.21. The van der Waals surface area contributed by atoms with E-state index < -0.39 is 10.8 Å². The van der Waals surface area contributed by atoms with Crippen LogP contribution in [0.25, 0.3) is 0 Å². The average molecular weight is 349 g/mol. The molecule has 2 aromatic rings. The zero-order chi connectivity index (χ0) is 17.9. The molecule has 1 N–H and O–H groups in total. The predicted molar refractivity (Wildman–Crippen MR) is 92.9 cm³/mol. The molecule has 0 heterocycles. The Balaban J connectivity index is 2.11. The predicted octanol–water partition coefficient (Wildman–Crippen LogP) is 4.19. The molecule has 0 spiro atoms. The second kappa shape index (κ2) is 7.31.